The summed E-state index contributed by atoms with van der Waals surface area (Å²) < 4.78 is 11.0. The first-order valence-electron chi connectivity index (χ1n) is 5.87. The summed E-state index contributed by atoms with van der Waals surface area (Å²) in [4.78, 5) is 11.4. The molecule has 2 atom stereocenters. The highest BCUT2D eigenvalue weighted by Gasteiger charge is 2.50. The minimum absolute atomic E-state index is 0.111. The Bertz CT molecular complexity index is 215. The van der Waals surface area contributed by atoms with Crippen LogP contribution < -0.4 is 0 Å². The summed E-state index contributed by atoms with van der Waals surface area (Å²) in [5.41, 5.74) is -0.231. The van der Waals surface area contributed by atoms with Crippen molar-refractivity contribution in [2.45, 2.75) is 46.1 Å². The van der Waals surface area contributed by atoms with Crippen LogP contribution in [0.5, 0.6) is 0 Å². The zero-order valence-electron chi connectivity index (χ0n) is 10.0. The van der Waals surface area contributed by atoms with Crippen LogP contribution in [-0.4, -0.2) is 31.7 Å². The standard InChI is InChI=1S/C12H22O3/c1-4-6-14-7-8-15-11-9-10(13)12(11,3)5-2/h11H,4-9H2,1-3H3. The van der Waals surface area contributed by atoms with Gasteiger partial charge in [0.05, 0.1) is 24.7 Å². The van der Waals surface area contributed by atoms with E-state index in [1.165, 1.54) is 0 Å². The van der Waals surface area contributed by atoms with Crippen LogP contribution in [0.25, 0.3) is 0 Å². The molecule has 3 nitrogen and oxygen atoms in total. The van der Waals surface area contributed by atoms with Crippen LogP contribution in [0.15, 0.2) is 0 Å². The molecule has 2 unspecified atom stereocenters. The highest BCUT2D eigenvalue weighted by Crippen LogP contribution is 2.42. The largest absolute Gasteiger partial charge is 0.379 e. The first kappa shape index (κ1) is 12.7. The van der Waals surface area contributed by atoms with Crippen LogP contribution in [-0.2, 0) is 14.3 Å². The van der Waals surface area contributed by atoms with Crippen LogP contribution in [0.4, 0.5) is 0 Å². The normalized spacial score (nSPS) is 30.3. The van der Waals surface area contributed by atoms with Gasteiger partial charge in [-0.05, 0) is 12.8 Å². The maximum atomic E-state index is 11.4. The zero-order valence-corrected chi connectivity index (χ0v) is 10.0. The summed E-state index contributed by atoms with van der Waals surface area (Å²) in [5.74, 6) is 0.337. The molecular weight excluding hydrogens is 192 g/mol. The van der Waals surface area contributed by atoms with E-state index in [1.807, 2.05) is 13.8 Å². The molecule has 0 bridgehead atoms. The van der Waals surface area contributed by atoms with Crippen LogP contribution in [0, 0.1) is 5.41 Å². The van der Waals surface area contributed by atoms with Gasteiger partial charge in [0, 0.05) is 13.0 Å². The van der Waals surface area contributed by atoms with Crippen LogP contribution in [0.3, 0.4) is 0 Å². The second-order valence-electron chi connectivity index (χ2n) is 4.37. The van der Waals surface area contributed by atoms with Gasteiger partial charge in [-0.3, -0.25) is 4.79 Å². The molecule has 1 aliphatic carbocycles. The minimum Gasteiger partial charge on any atom is -0.379 e. The van der Waals surface area contributed by atoms with Crippen LogP contribution >= 0.6 is 0 Å². The van der Waals surface area contributed by atoms with Gasteiger partial charge in [-0.2, -0.15) is 0 Å². The highest BCUT2D eigenvalue weighted by molar-refractivity contribution is 5.91. The number of Topliss-reactive ketones (excluding diaryl/α,β-unsaturated/α-hetero) is 1. The van der Waals surface area contributed by atoms with E-state index in [2.05, 4.69) is 6.92 Å². The Balaban J connectivity index is 2.15. The second-order valence-corrected chi connectivity index (χ2v) is 4.37. The smallest absolute Gasteiger partial charge is 0.143 e. The minimum atomic E-state index is -0.231. The van der Waals surface area contributed by atoms with Gasteiger partial charge in [0.2, 0.25) is 0 Å². The second kappa shape index (κ2) is 5.61. The molecule has 0 heterocycles. The molecule has 0 saturated heterocycles. The molecular formula is C12H22O3. The molecule has 1 aliphatic rings. The van der Waals surface area contributed by atoms with Gasteiger partial charge in [-0.25, -0.2) is 0 Å². The zero-order chi connectivity index (χ0) is 11.3. The SMILES string of the molecule is CCCOCCOC1CC(=O)C1(C)CC. The summed E-state index contributed by atoms with van der Waals surface area (Å²) in [6, 6.07) is 0. The predicted molar refractivity (Wildman–Crippen MR) is 58.9 cm³/mol. The van der Waals surface area contributed by atoms with E-state index < -0.39 is 0 Å². The molecule has 0 spiro atoms. The summed E-state index contributed by atoms with van der Waals surface area (Å²) in [6.45, 7) is 8.15. The Kier molecular flexibility index (Phi) is 4.74. The van der Waals surface area contributed by atoms with E-state index in [0.29, 0.717) is 25.4 Å². The van der Waals surface area contributed by atoms with Gasteiger partial charge in [-0.15, -0.1) is 0 Å². The predicted octanol–water partition coefficient (Wildman–Crippen LogP) is 2.19. The average Bonchev–Trinajstić information content (AvgIpc) is 2.26. The summed E-state index contributed by atoms with van der Waals surface area (Å²) in [5, 5.41) is 0. The molecule has 1 fully saturated rings. The lowest BCUT2D eigenvalue weighted by Crippen LogP contribution is -2.53. The Morgan fingerprint density at radius 1 is 1.33 bits per heavy atom. The van der Waals surface area contributed by atoms with Crippen molar-refractivity contribution in [2.24, 2.45) is 5.41 Å². The number of rotatable bonds is 7. The number of hydrogen-bond acceptors (Lipinski definition) is 3. The maximum absolute atomic E-state index is 11.4. The third-order valence-electron chi connectivity index (χ3n) is 3.35. The lowest BCUT2D eigenvalue weighted by Gasteiger charge is -2.44. The van der Waals surface area contributed by atoms with Gasteiger partial charge in [0.25, 0.3) is 0 Å². The van der Waals surface area contributed by atoms with Crippen molar-refractivity contribution in [3.05, 3.63) is 0 Å². The van der Waals surface area contributed by atoms with Crippen molar-refractivity contribution < 1.29 is 14.3 Å². The molecule has 3 heteroatoms. The lowest BCUT2D eigenvalue weighted by atomic mass is 9.64. The molecule has 0 aromatic carbocycles. The number of ketones is 1. The average molecular weight is 214 g/mol. The van der Waals surface area contributed by atoms with Crippen molar-refractivity contribution in [2.75, 3.05) is 19.8 Å². The summed E-state index contributed by atoms with van der Waals surface area (Å²) in [7, 11) is 0. The van der Waals surface area contributed by atoms with Crippen molar-refractivity contribution in [3.63, 3.8) is 0 Å². The fraction of sp³-hybridized carbons (Fsp3) is 0.917. The molecule has 15 heavy (non-hydrogen) atoms. The first-order chi connectivity index (χ1) is 7.15. The van der Waals surface area contributed by atoms with E-state index in [1.54, 1.807) is 0 Å². The Morgan fingerprint density at radius 3 is 2.60 bits per heavy atom. The molecule has 1 rings (SSSR count). The fourth-order valence-electron chi connectivity index (χ4n) is 1.84. The number of carbonyl (C=O) groups is 1. The molecule has 0 aliphatic heterocycles. The monoisotopic (exact) mass is 214 g/mol. The molecule has 88 valence electrons. The summed E-state index contributed by atoms with van der Waals surface area (Å²) >= 11 is 0. The van der Waals surface area contributed by atoms with E-state index in [-0.39, 0.29) is 11.5 Å². The Morgan fingerprint density at radius 2 is 2.07 bits per heavy atom. The molecule has 1 saturated carbocycles. The number of ether oxygens (including phenoxy) is 2. The van der Waals surface area contributed by atoms with Gasteiger partial charge in [-0.1, -0.05) is 20.8 Å². The van der Waals surface area contributed by atoms with Crippen molar-refractivity contribution in [1.82, 2.24) is 0 Å². The summed E-state index contributed by atoms with van der Waals surface area (Å²) in [6.07, 6.45) is 2.60. The quantitative estimate of drug-likeness (QED) is 0.609. The van der Waals surface area contributed by atoms with Gasteiger partial charge >= 0.3 is 0 Å². The topological polar surface area (TPSA) is 35.5 Å². The lowest BCUT2D eigenvalue weighted by molar-refractivity contribution is -0.163. The van der Waals surface area contributed by atoms with Crippen molar-refractivity contribution in [1.29, 1.82) is 0 Å². The Hall–Kier alpha value is -0.410. The van der Waals surface area contributed by atoms with Gasteiger partial charge < -0.3 is 9.47 Å². The van der Waals surface area contributed by atoms with E-state index >= 15 is 0 Å². The molecule has 0 N–H and O–H groups in total. The van der Waals surface area contributed by atoms with Crippen molar-refractivity contribution in [3.8, 4) is 0 Å². The van der Waals surface area contributed by atoms with Crippen LogP contribution in [0.2, 0.25) is 0 Å². The molecule has 0 aromatic heterocycles. The number of hydrogen-bond donors (Lipinski definition) is 0. The third kappa shape index (κ3) is 2.79. The van der Waals surface area contributed by atoms with E-state index in [0.717, 1.165) is 19.4 Å². The van der Waals surface area contributed by atoms with Crippen molar-refractivity contribution >= 4 is 5.78 Å². The Labute approximate surface area is 92.1 Å². The molecule has 0 radical (unpaired) electrons. The highest BCUT2D eigenvalue weighted by atomic mass is 16.5. The van der Waals surface area contributed by atoms with Gasteiger partial charge in [0.15, 0.2) is 0 Å². The van der Waals surface area contributed by atoms with Gasteiger partial charge in [0.1, 0.15) is 5.78 Å². The van der Waals surface area contributed by atoms with E-state index in [4.69, 9.17) is 9.47 Å². The molecule has 0 amide bonds. The number of carbonyl (C=O) groups excluding carboxylic acids is 1. The maximum Gasteiger partial charge on any atom is 0.143 e. The molecule has 0 aromatic rings. The van der Waals surface area contributed by atoms with Crippen LogP contribution in [0.1, 0.15) is 40.0 Å². The fourth-order valence-corrected chi connectivity index (χ4v) is 1.84. The first-order valence-corrected chi connectivity index (χ1v) is 5.87. The third-order valence-corrected chi connectivity index (χ3v) is 3.35. The van der Waals surface area contributed by atoms with E-state index in [9.17, 15) is 4.79 Å².